The van der Waals surface area contributed by atoms with Crippen LogP contribution in [0.15, 0.2) is 24.3 Å². The lowest BCUT2D eigenvalue weighted by Gasteiger charge is -2.38. The number of hydrogen-bond donors (Lipinski definition) is 1. The van der Waals surface area contributed by atoms with Gasteiger partial charge in [0.15, 0.2) is 0 Å². The molecular formula is C10H10F3NO2. The predicted molar refractivity (Wildman–Crippen MR) is 49.8 cm³/mol. The minimum atomic E-state index is -4.71. The Morgan fingerprint density at radius 2 is 1.88 bits per heavy atom. The maximum absolute atomic E-state index is 12.1. The molecule has 1 fully saturated rings. The molecule has 0 saturated carbocycles. The number of nitrogens with two attached hydrogens (primary N) is 1. The summed E-state index contributed by atoms with van der Waals surface area (Å²) in [7, 11) is 0. The molecular weight excluding hydrogens is 223 g/mol. The molecule has 1 heterocycles. The Morgan fingerprint density at radius 1 is 1.25 bits per heavy atom. The summed E-state index contributed by atoms with van der Waals surface area (Å²) in [6.07, 6.45) is -4.71. The number of para-hydroxylation sites is 1. The van der Waals surface area contributed by atoms with Gasteiger partial charge in [-0.25, -0.2) is 0 Å². The average Bonchev–Trinajstić information content (AvgIpc) is 2.12. The van der Waals surface area contributed by atoms with Crippen molar-refractivity contribution in [3.63, 3.8) is 0 Å². The van der Waals surface area contributed by atoms with Crippen LogP contribution in [-0.2, 0) is 10.3 Å². The zero-order valence-electron chi connectivity index (χ0n) is 8.25. The highest BCUT2D eigenvalue weighted by Crippen LogP contribution is 2.35. The Morgan fingerprint density at radius 3 is 2.38 bits per heavy atom. The summed E-state index contributed by atoms with van der Waals surface area (Å²) in [5.74, 6) is -0.263. The SMILES string of the molecule is NC1(c2ccccc2OC(F)(F)F)COC1. The second-order valence-electron chi connectivity index (χ2n) is 3.69. The molecule has 2 N–H and O–H groups in total. The van der Waals surface area contributed by atoms with Crippen molar-refractivity contribution in [1.82, 2.24) is 0 Å². The first-order chi connectivity index (χ1) is 7.41. The van der Waals surface area contributed by atoms with Gasteiger partial charge in [0.2, 0.25) is 0 Å². The second-order valence-corrected chi connectivity index (χ2v) is 3.69. The van der Waals surface area contributed by atoms with Gasteiger partial charge >= 0.3 is 6.36 Å². The van der Waals surface area contributed by atoms with Crippen molar-refractivity contribution in [2.45, 2.75) is 11.9 Å². The first-order valence-corrected chi connectivity index (χ1v) is 4.63. The molecule has 0 aliphatic carbocycles. The number of ether oxygens (including phenoxy) is 2. The van der Waals surface area contributed by atoms with E-state index in [-0.39, 0.29) is 19.0 Å². The van der Waals surface area contributed by atoms with Crippen LogP contribution in [0.4, 0.5) is 13.2 Å². The summed E-state index contributed by atoms with van der Waals surface area (Å²) in [5.41, 5.74) is 5.32. The molecule has 0 radical (unpaired) electrons. The first-order valence-electron chi connectivity index (χ1n) is 4.63. The Bertz CT molecular complexity index is 388. The van der Waals surface area contributed by atoms with E-state index in [9.17, 15) is 13.2 Å². The van der Waals surface area contributed by atoms with Crippen molar-refractivity contribution in [2.75, 3.05) is 13.2 Å². The van der Waals surface area contributed by atoms with Crippen LogP contribution in [0.25, 0.3) is 0 Å². The number of alkyl halides is 3. The van der Waals surface area contributed by atoms with Gasteiger partial charge in [0.1, 0.15) is 5.75 Å². The molecule has 1 aliphatic rings. The highest BCUT2D eigenvalue weighted by atomic mass is 19.4. The van der Waals surface area contributed by atoms with Crippen LogP contribution in [0, 0.1) is 0 Å². The van der Waals surface area contributed by atoms with Gasteiger partial charge in [0, 0.05) is 5.56 Å². The van der Waals surface area contributed by atoms with Crippen LogP contribution in [0.5, 0.6) is 5.75 Å². The minimum absolute atomic E-state index is 0.200. The Kier molecular flexibility index (Phi) is 2.55. The third-order valence-corrected chi connectivity index (χ3v) is 2.37. The van der Waals surface area contributed by atoms with E-state index in [4.69, 9.17) is 10.5 Å². The maximum Gasteiger partial charge on any atom is 0.573 e. The largest absolute Gasteiger partial charge is 0.573 e. The number of benzene rings is 1. The van der Waals surface area contributed by atoms with Crippen LogP contribution in [0.3, 0.4) is 0 Å². The Labute approximate surface area is 89.9 Å². The summed E-state index contributed by atoms with van der Waals surface area (Å²) in [5, 5.41) is 0. The van der Waals surface area contributed by atoms with E-state index in [1.807, 2.05) is 0 Å². The molecule has 0 bridgehead atoms. The van der Waals surface area contributed by atoms with Crippen LogP contribution in [0.1, 0.15) is 5.56 Å². The fourth-order valence-corrected chi connectivity index (χ4v) is 1.57. The van der Waals surface area contributed by atoms with Crippen LogP contribution < -0.4 is 10.5 Å². The standard InChI is InChI=1S/C10H10F3NO2/c11-10(12,13)16-8-4-2-1-3-7(8)9(14)5-15-6-9/h1-4H,5-6,14H2. The molecule has 6 heteroatoms. The predicted octanol–water partition coefficient (Wildman–Crippen LogP) is 1.77. The van der Waals surface area contributed by atoms with Gasteiger partial charge in [-0.05, 0) is 6.07 Å². The van der Waals surface area contributed by atoms with Crippen molar-refractivity contribution in [1.29, 1.82) is 0 Å². The lowest BCUT2D eigenvalue weighted by Crippen LogP contribution is -2.54. The van der Waals surface area contributed by atoms with Gasteiger partial charge in [0.05, 0.1) is 18.8 Å². The molecule has 3 nitrogen and oxygen atoms in total. The molecule has 16 heavy (non-hydrogen) atoms. The number of halogens is 3. The van der Waals surface area contributed by atoms with E-state index < -0.39 is 11.9 Å². The van der Waals surface area contributed by atoms with E-state index in [0.29, 0.717) is 5.56 Å². The molecule has 88 valence electrons. The molecule has 0 amide bonds. The fraction of sp³-hybridized carbons (Fsp3) is 0.400. The molecule has 0 spiro atoms. The van der Waals surface area contributed by atoms with Gasteiger partial charge in [0.25, 0.3) is 0 Å². The molecule has 1 aliphatic heterocycles. The van der Waals surface area contributed by atoms with Crippen molar-refractivity contribution < 1.29 is 22.6 Å². The fourth-order valence-electron chi connectivity index (χ4n) is 1.57. The topological polar surface area (TPSA) is 44.5 Å². The Hall–Kier alpha value is -1.27. The zero-order valence-corrected chi connectivity index (χ0v) is 8.25. The van der Waals surface area contributed by atoms with Crippen LogP contribution >= 0.6 is 0 Å². The smallest absolute Gasteiger partial charge is 0.405 e. The van der Waals surface area contributed by atoms with Crippen molar-refractivity contribution in [3.05, 3.63) is 29.8 Å². The zero-order chi connectivity index (χ0) is 11.8. The van der Waals surface area contributed by atoms with Gasteiger partial charge in [-0.1, -0.05) is 18.2 Å². The number of hydrogen-bond acceptors (Lipinski definition) is 3. The average molecular weight is 233 g/mol. The van der Waals surface area contributed by atoms with Crippen molar-refractivity contribution >= 4 is 0 Å². The normalized spacial score (nSPS) is 19.0. The molecule has 1 saturated heterocycles. The van der Waals surface area contributed by atoms with E-state index in [1.165, 1.54) is 18.2 Å². The highest BCUT2D eigenvalue weighted by molar-refractivity contribution is 5.40. The van der Waals surface area contributed by atoms with Crippen molar-refractivity contribution in [3.8, 4) is 5.75 Å². The van der Waals surface area contributed by atoms with Crippen LogP contribution in [0.2, 0.25) is 0 Å². The summed E-state index contributed by atoms with van der Waals surface area (Å²) in [6, 6.07) is 5.85. The summed E-state index contributed by atoms with van der Waals surface area (Å²) in [6.45, 7) is 0.399. The van der Waals surface area contributed by atoms with E-state index in [0.717, 1.165) is 0 Å². The van der Waals surface area contributed by atoms with Gasteiger partial charge < -0.3 is 15.2 Å². The van der Waals surface area contributed by atoms with E-state index in [2.05, 4.69) is 4.74 Å². The monoisotopic (exact) mass is 233 g/mol. The van der Waals surface area contributed by atoms with E-state index in [1.54, 1.807) is 6.07 Å². The lowest BCUT2D eigenvalue weighted by molar-refractivity contribution is -0.275. The summed E-state index contributed by atoms with van der Waals surface area (Å²) >= 11 is 0. The molecule has 1 aromatic rings. The van der Waals surface area contributed by atoms with Crippen molar-refractivity contribution in [2.24, 2.45) is 5.73 Å². The quantitative estimate of drug-likeness (QED) is 0.846. The second kappa shape index (κ2) is 3.64. The van der Waals surface area contributed by atoms with Gasteiger partial charge in [-0.3, -0.25) is 0 Å². The van der Waals surface area contributed by atoms with E-state index >= 15 is 0 Å². The minimum Gasteiger partial charge on any atom is -0.405 e. The molecule has 1 aromatic carbocycles. The third kappa shape index (κ3) is 2.12. The molecule has 0 aromatic heterocycles. The first kappa shape index (κ1) is 11.2. The summed E-state index contributed by atoms with van der Waals surface area (Å²) in [4.78, 5) is 0. The molecule has 0 atom stereocenters. The highest BCUT2D eigenvalue weighted by Gasteiger charge is 2.40. The van der Waals surface area contributed by atoms with Crippen LogP contribution in [-0.4, -0.2) is 19.6 Å². The lowest BCUT2D eigenvalue weighted by atomic mass is 9.88. The summed E-state index contributed by atoms with van der Waals surface area (Å²) < 4.78 is 45.2. The Balaban J connectivity index is 2.31. The third-order valence-electron chi connectivity index (χ3n) is 2.37. The van der Waals surface area contributed by atoms with Gasteiger partial charge in [-0.15, -0.1) is 13.2 Å². The number of rotatable bonds is 2. The molecule has 2 rings (SSSR count). The van der Waals surface area contributed by atoms with Gasteiger partial charge in [-0.2, -0.15) is 0 Å². The molecule has 0 unspecified atom stereocenters. The maximum atomic E-state index is 12.1.